The van der Waals surface area contributed by atoms with Gasteiger partial charge >= 0.3 is 6.18 Å². The van der Waals surface area contributed by atoms with Crippen molar-refractivity contribution in [2.24, 2.45) is 0 Å². The van der Waals surface area contributed by atoms with Gasteiger partial charge in [-0.2, -0.15) is 24.5 Å². The van der Waals surface area contributed by atoms with Crippen LogP contribution in [0, 0.1) is 0 Å². The van der Waals surface area contributed by atoms with Crippen LogP contribution in [0.2, 0.25) is 0 Å². The van der Waals surface area contributed by atoms with E-state index in [1.165, 1.54) is 0 Å². The van der Waals surface area contributed by atoms with E-state index in [9.17, 15) is 22.8 Å². The van der Waals surface area contributed by atoms with E-state index in [1.807, 2.05) is 22.9 Å². The number of hydrogen-bond donors (Lipinski definition) is 0. The van der Waals surface area contributed by atoms with Gasteiger partial charge in [0.2, 0.25) is 5.78 Å². The van der Waals surface area contributed by atoms with Gasteiger partial charge in [0, 0.05) is 0 Å². The number of halogens is 3. The molecule has 1 rings (SSSR count). The first-order valence-electron chi connectivity index (χ1n) is 3.49. The molecule has 6 heteroatoms. The predicted octanol–water partition coefficient (Wildman–Crippen LogP) is 2.45. The number of aldehydes is 1. The monoisotopic (exact) mass is 224 g/mol. The molecule has 0 N–H and O–H groups in total. The van der Waals surface area contributed by atoms with Crippen molar-refractivity contribution in [3.63, 3.8) is 0 Å². The molecule has 0 saturated carbocycles. The molecule has 1 aromatic heterocycles. The standard InChI is InChI=1S/C4H3F3O2.C4H4S/c5-4(6,7)3(9)1-2-8;1-2-4-5-3-1/h2H,1H2;1-4H. The molecule has 0 bridgehead atoms. The van der Waals surface area contributed by atoms with Crippen LogP contribution in [-0.4, -0.2) is 18.2 Å². The maximum Gasteiger partial charge on any atom is 0.450 e. The minimum Gasteiger partial charge on any atom is -0.303 e. The van der Waals surface area contributed by atoms with Gasteiger partial charge in [-0.1, -0.05) is 12.1 Å². The molecule has 0 aliphatic heterocycles. The summed E-state index contributed by atoms with van der Waals surface area (Å²) in [7, 11) is 0. The summed E-state index contributed by atoms with van der Waals surface area (Å²) >= 11 is 1.71. The molecule has 78 valence electrons. The summed E-state index contributed by atoms with van der Waals surface area (Å²) in [6.45, 7) is 0. The first-order chi connectivity index (χ1) is 6.48. The van der Waals surface area contributed by atoms with Crippen molar-refractivity contribution in [3.05, 3.63) is 22.9 Å². The maximum atomic E-state index is 11.1. The summed E-state index contributed by atoms with van der Waals surface area (Å²) in [4.78, 5) is 19.0. The van der Waals surface area contributed by atoms with Crippen molar-refractivity contribution in [1.82, 2.24) is 0 Å². The van der Waals surface area contributed by atoms with Crippen molar-refractivity contribution in [1.29, 1.82) is 0 Å². The molecule has 0 unspecified atom stereocenters. The highest BCUT2D eigenvalue weighted by molar-refractivity contribution is 7.07. The van der Waals surface area contributed by atoms with E-state index < -0.39 is 18.4 Å². The summed E-state index contributed by atoms with van der Waals surface area (Å²) in [5.41, 5.74) is 0. The van der Waals surface area contributed by atoms with Crippen molar-refractivity contribution in [2.45, 2.75) is 12.6 Å². The van der Waals surface area contributed by atoms with E-state index >= 15 is 0 Å². The fourth-order valence-electron chi connectivity index (χ4n) is 0.418. The van der Waals surface area contributed by atoms with E-state index in [2.05, 4.69) is 0 Å². The SMILES string of the molecule is O=CCC(=O)C(F)(F)F.c1ccsc1. The zero-order valence-corrected chi connectivity index (χ0v) is 7.77. The number of carbonyl (C=O) groups is 2. The van der Waals surface area contributed by atoms with Crippen LogP contribution < -0.4 is 0 Å². The molecule has 1 heterocycles. The van der Waals surface area contributed by atoms with Crippen LogP contribution in [0.3, 0.4) is 0 Å². The Kier molecular flexibility index (Phi) is 5.78. The van der Waals surface area contributed by atoms with Crippen LogP contribution in [0.4, 0.5) is 13.2 Å². The van der Waals surface area contributed by atoms with Crippen LogP contribution in [0.1, 0.15) is 6.42 Å². The van der Waals surface area contributed by atoms with Crippen molar-refractivity contribution in [3.8, 4) is 0 Å². The molecule has 0 aromatic carbocycles. The molecule has 0 spiro atoms. The highest BCUT2D eigenvalue weighted by Gasteiger charge is 2.37. The lowest BCUT2D eigenvalue weighted by Crippen LogP contribution is -2.22. The molecule has 0 fully saturated rings. The van der Waals surface area contributed by atoms with Crippen molar-refractivity contribution in [2.75, 3.05) is 0 Å². The summed E-state index contributed by atoms with van der Waals surface area (Å²) in [5, 5.41) is 4.08. The van der Waals surface area contributed by atoms with Crippen LogP contribution in [0.25, 0.3) is 0 Å². The maximum absolute atomic E-state index is 11.1. The fourth-order valence-corrected chi connectivity index (χ4v) is 0.872. The van der Waals surface area contributed by atoms with Gasteiger partial charge in [-0.25, -0.2) is 0 Å². The molecule has 0 aliphatic rings. The third kappa shape index (κ3) is 6.36. The van der Waals surface area contributed by atoms with Crippen LogP contribution in [0.15, 0.2) is 22.9 Å². The first-order valence-corrected chi connectivity index (χ1v) is 4.43. The van der Waals surface area contributed by atoms with Crippen LogP contribution in [-0.2, 0) is 9.59 Å². The fraction of sp³-hybridized carbons (Fsp3) is 0.250. The zero-order valence-electron chi connectivity index (χ0n) is 6.95. The van der Waals surface area contributed by atoms with Gasteiger partial charge in [0.25, 0.3) is 0 Å². The van der Waals surface area contributed by atoms with Crippen LogP contribution in [0.5, 0.6) is 0 Å². The minimum atomic E-state index is -4.86. The first kappa shape index (κ1) is 12.8. The zero-order chi connectivity index (χ0) is 11.0. The number of ketones is 1. The molecule has 1 aromatic rings. The molecule has 0 saturated heterocycles. The van der Waals surface area contributed by atoms with Gasteiger partial charge in [-0.15, -0.1) is 0 Å². The van der Waals surface area contributed by atoms with E-state index in [0.29, 0.717) is 0 Å². The summed E-state index contributed by atoms with van der Waals surface area (Å²) in [6, 6.07) is 4.04. The average molecular weight is 224 g/mol. The largest absolute Gasteiger partial charge is 0.450 e. The number of alkyl halides is 3. The Balaban J connectivity index is 0.000000280. The van der Waals surface area contributed by atoms with Gasteiger partial charge < -0.3 is 4.79 Å². The highest BCUT2D eigenvalue weighted by atomic mass is 32.1. The van der Waals surface area contributed by atoms with Gasteiger partial charge in [-0.05, 0) is 10.8 Å². The minimum absolute atomic E-state index is 0.0736. The van der Waals surface area contributed by atoms with E-state index in [1.54, 1.807) is 11.3 Å². The second-order valence-electron chi connectivity index (χ2n) is 2.08. The Morgan fingerprint density at radius 2 is 1.79 bits per heavy atom. The molecule has 14 heavy (non-hydrogen) atoms. The second kappa shape index (κ2) is 6.31. The number of hydrogen-bond acceptors (Lipinski definition) is 3. The Bertz CT molecular complexity index is 249. The lowest BCUT2D eigenvalue weighted by atomic mass is 10.3. The van der Waals surface area contributed by atoms with E-state index in [4.69, 9.17) is 0 Å². The molecular formula is C8H7F3O2S. The van der Waals surface area contributed by atoms with E-state index in [0.717, 1.165) is 0 Å². The molecular weight excluding hydrogens is 217 g/mol. The topological polar surface area (TPSA) is 34.1 Å². The van der Waals surface area contributed by atoms with Gasteiger partial charge in [0.05, 0.1) is 6.42 Å². The summed E-state index contributed by atoms with van der Waals surface area (Å²) in [6.07, 6.45) is -6.01. The number of rotatable bonds is 2. The molecule has 0 aliphatic carbocycles. The van der Waals surface area contributed by atoms with Gasteiger partial charge in [0.1, 0.15) is 6.29 Å². The Morgan fingerprint density at radius 1 is 1.29 bits per heavy atom. The third-order valence-corrected chi connectivity index (χ3v) is 1.64. The van der Waals surface area contributed by atoms with Crippen molar-refractivity contribution >= 4 is 23.4 Å². The second-order valence-corrected chi connectivity index (χ2v) is 2.90. The lowest BCUT2D eigenvalue weighted by molar-refractivity contribution is -0.171. The van der Waals surface area contributed by atoms with Crippen LogP contribution >= 0.6 is 11.3 Å². The predicted molar refractivity (Wildman–Crippen MR) is 46.1 cm³/mol. The van der Waals surface area contributed by atoms with Crippen molar-refractivity contribution < 1.29 is 22.8 Å². The molecule has 2 nitrogen and oxygen atoms in total. The Morgan fingerprint density at radius 3 is 1.93 bits per heavy atom. The molecule has 0 radical (unpaired) electrons. The number of Topliss-reactive ketones (excluding diaryl/α,β-unsaturated/α-hetero) is 1. The van der Waals surface area contributed by atoms with Gasteiger partial charge in [0.15, 0.2) is 0 Å². The summed E-state index contributed by atoms with van der Waals surface area (Å²) < 4.78 is 33.4. The highest BCUT2D eigenvalue weighted by Crippen LogP contribution is 2.16. The third-order valence-electron chi connectivity index (χ3n) is 1.01. The smallest absolute Gasteiger partial charge is 0.303 e. The normalized spacial score (nSPS) is 9.93. The van der Waals surface area contributed by atoms with E-state index in [-0.39, 0.29) is 6.29 Å². The van der Waals surface area contributed by atoms with Gasteiger partial charge in [-0.3, -0.25) is 4.79 Å². The summed E-state index contributed by atoms with van der Waals surface area (Å²) in [5.74, 6) is -2.00. The Hall–Kier alpha value is -1.17. The Labute approximate surface area is 82.4 Å². The average Bonchev–Trinajstić information content (AvgIpc) is 2.59. The molecule has 0 atom stereocenters. The number of thiophene rings is 1. The quantitative estimate of drug-likeness (QED) is 0.571. The lowest BCUT2D eigenvalue weighted by Gasteiger charge is -1.98. The molecule has 0 amide bonds. The number of carbonyl (C=O) groups excluding carboxylic acids is 2.